The van der Waals surface area contributed by atoms with Gasteiger partial charge in [-0.1, -0.05) is 25.7 Å². The molecule has 0 radical (unpaired) electrons. The van der Waals surface area contributed by atoms with Gasteiger partial charge in [0.2, 0.25) is 0 Å². The predicted octanol–water partition coefficient (Wildman–Crippen LogP) is 3.56. The summed E-state index contributed by atoms with van der Waals surface area (Å²) in [5.41, 5.74) is 0. The van der Waals surface area contributed by atoms with Gasteiger partial charge in [-0.05, 0) is 44.1 Å². The number of hydrogen-bond donors (Lipinski definition) is 1. The summed E-state index contributed by atoms with van der Waals surface area (Å²) in [5, 5.41) is 3.77. The van der Waals surface area contributed by atoms with Crippen molar-refractivity contribution < 1.29 is 0 Å². The molecule has 2 aliphatic rings. The van der Waals surface area contributed by atoms with E-state index >= 15 is 0 Å². The first kappa shape index (κ1) is 11.7. The third-order valence-electron chi connectivity index (χ3n) is 4.25. The fourth-order valence-electron chi connectivity index (χ4n) is 3.20. The summed E-state index contributed by atoms with van der Waals surface area (Å²) in [6, 6.07) is 0.726. The molecular formula is C13H24ClN. The summed E-state index contributed by atoms with van der Waals surface area (Å²) >= 11 is 5.98. The number of nitrogens with one attached hydrogen (secondary N) is 1. The van der Waals surface area contributed by atoms with E-state index in [9.17, 15) is 0 Å². The monoisotopic (exact) mass is 229 g/mol. The fraction of sp³-hybridized carbons (Fsp3) is 1.00. The van der Waals surface area contributed by atoms with Gasteiger partial charge in [0, 0.05) is 11.9 Å². The number of alkyl halides is 1. The molecule has 88 valence electrons. The van der Waals surface area contributed by atoms with E-state index < -0.39 is 0 Å². The van der Waals surface area contributed by atoms with Gasteiger partial charge in [-0.3, -0.25) is 0 Å². The van der Waals surface area contributed by atoms with Gasteiger partial charge in [0.1, 0.15) is 0 Å². The van der Waals surface area contributed by atoms with Crippen molar-refractivity contribution in [3.8, 4) is 0 Å². The first-order valence-electron chi connectivity index (χ1n) is 6.69. The van der Waals surface area contributed by atoms with Crippen LogP contribution in [0.15, 0.2) is 0 Å². The van der Waals surface area contributed by atoms with Crippen LogP contribution >= 0.6 is 11.6 Å². The Morgan fingerprint density at radius 1 is 0.933 bits per heavy atom. The maximum absolute atomic E-state index is 5.98. The average molecular weight is 230 g/mol. The Hall–Kier alpha value is 0.250. The van der Waals surface area contributed by atoms with Crippen LogP contribution in [-0.4, -0.2) is 18.5 Å². The lowest BCUT2D eigenvalue weighted by molar-refractivity contribution is 0.313. The molecule has 0 spiro atoms. The Morgan fingerprint density at radius 2 is 1.73 bits per heavy atom. The highest BCUT2D eigenvalue weighted by Crippen LogP contribution is 2.28. The smallest absolute Gasteiger partial charge is 0.0266 e. The third-order valence-corrected chi connectivity index (χ3v) is 4.65. The van der Waals surface area contributed by atoms with Gasteiger partial charge in [0.15, 0.2) is 0 Å². The van der Waals surface area contributed by atoms with Crippen LogP contribution in [0.3, 0.4) is 0 Å². The van der Waals surface area contributed by atoms with Crippen LogP contribution in [0.25, 0.3) is 0 Å². The second-order valence-electron chi connectivity index (χ2n) is 5.36. The lowest BCUT2D eigenvalue weighted by Gasteiger charge is -2.26. The Balaban J connectivity index is 1.67. The highest BCUT2D eigenvalue weighted by molar-refractivity contribution is 6.18. The van der Waals surface area contributed by atoms with E-state index in [-0.39, 0.29) is 0 Å². The first-order chi connectivity index (χ1) is 7.40. The molecule has 2 fully saturated rings. The van der Waals surface area contributed by atoms with Crippen molar-refractivity contribution in [1.29, 1.82) is 0 Å². The molecule has 0 aromatic heterocycles. The van der Waals surface area contributed by atoms with E-state index in [1.54, 1.807) is 0 Å². The van der Waals surface area contributed by atoms with E-state index in [4.69, 9.17) is 11.6 Å². The molecule has 15 heavy (non-hydrogen) atoms. The van der Waals surface area contributed by atoms with Crippen molar-refractivity contribution in [2.24, 2.45) is 11.8 Å². The van der Waals surface area contributed by atoms with E-state index in [1.165, 1.54) is 57.9 Å². The molecule has 1 N–H and O–H groups in total. The topological polar surface area (TPSA) is 12.0 Å². The summed E-state index contributed by atoms with van der Waals surface area (Å²) in [5.74, 6) is 2.55. The minimum Gasteiger partial charge on any atom is -0.313 e. The van der Waals surface area contributed by atoms with E-state index in [1.807, 2.05) is 0 Å². The van der Waals surface area contributed by atoms with Crippen molar-refractivity contribution in [1.82, 2.24) is 5.32 Å². The summed E-state index contributed by atoms with van der Waals surface area (Å²) in [7, 11) is 0. The zero-order valence-electron chi connectivity index (χ0n) is 9.68. The maximum Gasteiger partial charge on any atom is 0.0266 e. The minimum absolute atomic E-state index is 0.726. The van der Waals surface area contributed by atoms with Crippen molar-refractivity contribution >= 4 is 11.6 Å². The summed E-state index contributed by atoms with van der Waals surface area (Å²) in [6.07, 6.45) is 11.3. The molecule has 2 saturated carbocycles. The zero-order valence-corrected chi connectivity index (χ0v) is 10.4. The Morgan fingerprint density at radius 3 is 2.47 bits per heavy atom. The molecule has 2 aliphatic carbocycles. The highest BCUT2D eigenvalue weighted by atomic mass is 35.5. The highest BCUT2D eigenvalue weighted by Gasteiger charge is 2.26. The molecule has 0 heterocycles. The van der Waals surface area contributed by atoms with Gasteiger partial charge in [-0.2, -0.15) is 0 Å². The van der Waals surface area contributed by atoms with Gasteiger partial charge >= 0.3 is 0 Å². The van der Waals surface area contributed by atoms with Crippen LogP contribution in [0, 0.1) is 11.8 Å². The molecule has 0 amide bonds. The molecule has 2 heteroatoms. The van der Waals surface area contributed by atoms with Crippen molar-refractivity contribution in [2.75, 3.05) is 12.4 Å². The van der Waals surface area contributed by atoms with E-state index in [0.29, 0.717) is 0 Å². The van der Waals surface area contributed by atoms with Crippen molar-refractivity contribution in [3.63, 3.8) is 0 Å². The van der Waals surface area contributed by atoms with Crippen LogP contribution in [0.5, 0.6) is 0 Å². The lowest BCUT2D eigenvalue weighted by Crippen LogP contribution is -2.37. The summed E-state index contributed by atoms with van der Waals surface area (Å²) in [6.45, 7) is 1.25. The van der Waals surface area contributed by atoms with Gasteiger partial charge < -0.3 is 5.32 Å². The molecule has 0 aromatic rings. The van der Waals surface area contributed by atoms with Crippen molar-refractivity contribution in [3.05, 3.63) is 0 Å². The van der Waals surface area contributed by atoms with Crippen LogP contribution in [0.4, 0.5) is 0 Å². The van der Waals surface area contributed by atoms with Crippen LogP contribution in [0.2, 0.25) is 0 Å². The van der Waals surface area contributed by atoms with Gasteiger partial charge in [0.05, 0.1) is 0 Å². The van der Waals surface area contributed by atoms with Gasteiger partial charge in [0.25, 0.3) is 0 Å². The molecule has 0 aliphatic heterocycles. The third kappa shape index (κ3) is 3.35. The lowest BCUT2D eigenvalue weighted by atomic mass is 9.89. The summed E-state index contributed by atoms with van der Waals surface area (Å²) < 4.78 is 0. The van der Waals surface area contributed by atoms with Gasteiger partial charge in [-0.15, -0.1) is 11.6 Å². The molecule has 0 aromatic carbocycles. The maximum atomic E-state index is 5.98. The number of hydrogen-bond acceptors (Lipinski definition) is 1. The molecular weight excluding hydrogens is 206 g/mol. The Labute approximate surface area is 99.0 Å². The first-order valence-corrected chi connectivity index (χ1v) is 7.23. The average Bonchev–Trinajstić information content (AvgIpc) is 2.75. The molecule has 0 saturated heterocycles. The second kappa shape index (κ2) is 6.10. The van der Waals surface area contributed by atoms with Crippen LogP contribution < -0.4 is 5.32 Å². The Kier molecular flexibility index (Phi) is 4.77. The van der Waals surface area contributed by atoms with E-state index in [0.717, 1.165) is 23.8 Å². The predicted molar refractivity (Wildman–Crippen MR) is 66.4 cm³/mol. The largest absolute Gasteiger partial charge is 0.313 e. The number of rotatable bonds is 4. The molecule has 2 unspecified atom stereocenters. The molecule has 2 atom stereocenters. The van der Waals surface area contributed by atoms with Gasteiger partial charge in [-0.25, -0.2) is 0 Å². The van der Waals surface area contributed by atoms with Crippen LogP contribution in [0.1, 0.15) is 51.4 Å². The Bertz CT molecular complexity index is 177. The molecule has 1 nitrogen and oxygen atoms in total. The SMILES string of the molecule is ClCC1CCCC1NCC1CCCCC1. The molecule has 0 bridgehead atoms. The van der Waals surface area contributed by atoms with Crippen LogP contribution in [-0.2, 0) is 0 Å². The standard InChI is InChI=1S/C13H24ClN/c14-9-12-7-4-8-13(12)15-10-11-5-2-1-3-6-11/h11-13,15H,1-10H2. The zero-order chi connectivity index (χ0) is 10.5. The van der Waals surface area contributed by atoms with E-state index in [2.05, 4.69) is 5.32 Å². The van der Waals surface area contributed by atoms with Crippen molar-refractivity contribution in [2.45, 2.75) is 57.4 Å². The second-order valence-corrected chi connectivity index (χ2v) is 5.67. The fourth-order valence-corrected chi connectivity index (χ4v) is 3.57. The molecule has 2 rings (SSSR count). The minimum atomic E-state index is 0.726. The normalized spacial score (nSPS) is 33.4. The quantitative estimate of drug-likeness (QED) is 0.727. The summed E-state index contributed by atoms with van der Waals surface area (Å²) in [4.78, 5) is 0. The number of halogens is 1.